The van der Waals surface area contributed by atoms with Crippen molar-refractivity contribution in [1.29, 1.82) is 0 Å². The molecule has 0 aliphatic carbocycles. The molecule has 3 aromatic rings. The molecule has 128 valence electrons. The third kappa shape index (κ3) is 3.76. The Bertz CT molecular complexity index is 898. The van der Waals surface area contributed by atoms with Gasteiger partial charge in [-0.15, -0.1) is 0 Å². The maximum Gasteiger partial charge on any atom is 0.254 e. The summed E-state index contributed by atoms with van der Waals surface area (Å²) in [6, 6.07) is 13.7. The molecule has 1 heterocycles. The minimum atomic E-state index is -0.0624. The zero-order valence-corrected chi connectivity index (χ0v) is 14.9. The molecule has 5 nitrogen and oxygen atoms in total. The SMILES string of the molecule is Cc1ccc(-c2noc(CN(C)C(=O)c3ccc(C)cc3C)n2)cc1. The number of carbonyl (C=O) groups is 1. The van der Waals surface area contributed by atoms with E-state index in [4.69, 9.17) is 4.52 Å². The fourth-order valence-corrected chi connectivity index (χ4v) is 2.67. The molecular weight excluding hydrogens is 314 g/mol. The number of nitrogens with zero attached hydrogens (tertiary/aromatic N) is 3. The van der Waals surface area contributed by atoms with Crippen molar-refractivity contribution in [2.45, 2.75) is 27.3 Å². The minimum absolute atomic E-state index is 0.0624. The smallest absolute Gasteiger partial charge is 0.254 e. The lowest BCUT2D eigenvalue weighted by atomic mass is 10.0. The van der Waals surface area contributed by atoms with E-state index in [9.17, 15) is 4.79 Å². The van der Waals surface area contributed by atoms with Gasteiger partial charge in [-0.2, -0.15) is 4.98 Å². The predicted octanol–water partition coefficient (Wildman–Crippen LogP) is 3.93. The second kappa shape index (κ2) is 6.89. The summed E-state index contributed by atoms with van der Waals surface area (Å²) < 4.78 is 5.30. The number of hydrogen-bond donors (Lipinski definition) is 0. The zero-order chi connectivity index (χ0) is 18.0. The highest BCUT2D eigenvalue weighted by Gasteiger charge is 2.17. The minimum Gasteiger partial charge on any atom is -0.337 e. The zero-order valence-electron chi connectivity index (χ0n) is 14.9. The van der Waals surface area contributed by atoms with Crippen LogP contribution in [-0.4, -0.2) is 28.0 Å². The molecule has 0 atom stereocenters. The Morgan fingerprint density at radius 2 is 1.72 bits per heavy atom. The van der Waals surface area contributed by atoms with E-state index in [-0.39, 0.29) is 12.5 Å². The highest BCUT2D eigenvalue weighted by molar-refractivity contribution is 5.95. The van der Waals surface area contributed by atoms with Crippen molar-refractivity contribution in [3.63, 3.8) is 0 Å². The van der Waals surface area contributed by atoms with Crippen LogP contribution in [0.15, 0.2) is 47.0 Å². The third-order valence-corrected chi connectivity index (χ3v) is 4.11. The lowest BCUT2D eigenvalue weighted by Crippen LogP contribution is -2.27. The van der Waals surface area contributed by atoms with Crippen LogP contribution in [0.5, 0.6) is 0 Å². The molecule has 3 rings (SSSR count). The van der Waals surface area contributed by atoms with Crippen molar-refractivity contribution in [2.75, 3.05) is 7.05 Å². The van der Waals surface area contributed by atoms with Crippen LogP contribution in [0.25, 0.3) is 11.4 Å². The Labute approximate surface area is 147 Å². The molecule has 25 heavy (non-hydrogen) atoms. The van der Waals surface area contributed by atoms with Crippen LogP contribution >= 0.6 is 0 Å². The van der Waals surface area contributed by atoms with Gasteiger partial charge in [0.05, 0.1) is 6.54 Å². The van der Waals surface area contributed by atoms with E-state index in [1.54, 1.807) is 11.9 Å². The molecule has 0 N–H and O–H groups in total. The van der Waals surface area contributed by atoms with Gasteiger partial charge in [-0.05, 0) is 32.4 Å². The van der Waals surface area contributed by atoms with Crippen molar-refractivity contribution in [2.24, 2.45) is 0 Å². The number of hydrogen-bond acceptors (Lipinski definition) is 4. The predicted molar refractivity (Wildman–Crippen MR) is 96.2 cm³/mol. The second-order valence-electron chi connectivity index (χ2n) is 6.36. The van der Waals surface area contributed by atoms with Gasteiger partial charge in [-0.25, -0.2) is 0 Å². The number of carbonyl (C=O) groups excluding carboxylic acids is 1. The summed E-state index contributed by atoms with van der Waals surface area (Å²) in [6.45, 7) is 6.25. The molecular formula is C20H21N3O2. The molecule has 0 spiro atoms. The maximum atomic E-state index is 12.6. The fourth-order valence-electron chi connectivity index (χ4n) is 2.67. The van der Waals surface area contributed by atoms with Gasteiger partial charge in [0.2, 0.25) is 11.7 Å². The molecule has 0 unspecified atom stereocenters. The van der Waals surface area contributed by atoms with Gasteiger partial charge in [-0.3, -0.25) is 4.79 Å². The number of amides is 1. The largest absolute Gasteiger partial charge is 0.337 e. The fraction of sp³-hybridized carbons (Fsp3) is 0.250. The Morgan fingerprint density at radius 3 is 2.40 bits per heavy atom. The van der Waals surface area contributed by atoms with Crippen LogP contribution < -0.4 is 0 Å². The molecule has 1 amide bonds. The summed E-state index contributed by atoms with van der Waals surface area (Å²) in [5.74, 6) is 0.881. The molecule has 2 aromatic carbocycles. The van der Waals surface area contributed by atoms with Gasteiger partial charge in [0.25, 0.3) is 5.91 Å². The van der Waals surface area contributed by atoms with Crippen molar-refractivity contribution < 1.29 is 9.32 Å². The van der Waals surface area contributed by atoms with Gasteiger partial charge in [-0.1, -0.05) is 52.7 Å². The molecule has 0 radical (unpaired) electrons. The van der Waals surface area contributed by atoms with Crippen LogP contribution in [0.3, 0.4) is 0 Å². The standard InChI is InChI=1S/C20H21N3O2/c1-13-5-8-16(9-6-13)19-21-18(25-22-19)12-23(4)20(24)17-10-7-14(2)11-15(17)3/h5-11H,12H2,1-4H3. The molecule has 5 heteroatoms. The first kappa shape index (κ1) is 16.9. The Balaban J connectivity index is 1.74. The average Bonchev–Trinajstić information content (AvgIpc) is 3.03. The Morgan fingerprint density at radius 1 is 1.04 bits per heavy atom. The summed E-state index contributed by atoms with van der Waals surface area (Å²) in [5.41, 5.74) is 4.85. The van der Waals surface area contributed by atoms with Crippen molar-refractivity contribution >= 4 is 5.91 Å². The molecule has 0 saturated heterocycles. The number of aryl methyl sites for hydroxylation is 3. The normalized spacial score (nSPS) is 10.7. The summed E-state index contributed by atoms with van der Waals surface area (Å²) in [7, 11) is 1.73. The Kier molecular flexibility index (Phi) is 4.65. The van der Waals surface area contributed by atoms with Gasteiger partial charge in [0.1, 0.15) is 0 Å². The van der Waals surface area contributed by atoms with Crippen molar-refractivity contribution in [3.8, 4) is 11.4 Å². The van der Waals surface area contributed by atoms with Crippen LogP contribution in [0.4, 0.5) is 0 Å². The van der Waals surface area contributed by atoms with E-state index >= 15 is 0 Å². The first-order chi connectivity index (χ1) is 11.9. The summed E-state index contributed by atoms with van der Waals surface area (Å²) in [5, 5.41) is 4.01. The topological polar surface area (TPSA) is 59.2 Å². The van der Waals surface area contributed by atoms with E-state index in [1.807, 2.05) is 63.2 Å². The number of aromatic nitrogens is 2. The van der Waals surface area contributed by atoms with Crippen molar-refractivity contribution in [3.05, 3.63) is 70.6 Å². The van der Waals surface area contributed by atoms with Crippen LogP contribution in [-0.2, 0) is 6.54 Å². The maximum absolute atomic E-state index is 12.6. The first-order valence-electron chi connectivity index (χ1n) is 8.16. The molecule has 0 saturated carbocycles. The van der Waals surface area contributed by atoms with Crippen molar-refractivity contribution in [1.82, 2.24) is 15.0 Å². The van der Waals surface area contributed by atoms with E-state index in [0.717, 1.165) is 16.7 Å². The van der Waals surface area contributed by atoms with E-state index in [2.05, 4.69) is 10.1 Å². The Hall–Kier alpha value is -2.95. The monoisotopic (exact) mass is 335 g/mol. The third-order valence-electron chi connectivity index (χ3n) is 4.11. The van der Waals surface area contributed by atoms with Crippen LogP contribution in [0, 0.1) is 20.8 Å². The molecule has 0 aliphatic rings. The molecule has 1 aromatic heterocycles. The summed E-state index contributed by atoms with van der Waals surface area (Å²) in [4.78, 5) is 18.6. The molecule has 0 bridgehead atoms. The van der Waals surface area contributed by atoms with E-state index in [1.165, 1.54) is 5.56 Å². The van der Waals surface area contributed by atoms with E-state index in [0.29, 0.717) is 17.3 Å². The quantitative estimate of drug-likeness (QED) is 0.725. The highest BCUT2D eigenvalue weighted by atomic mass is 16.5. The highest BCUT2D eigenvalue weighted by Crippen LogP contribution is 2.18. The first-order valence-corrected chi connectivity index (χ1v) is 8.16. The van der Waals surface area contributed by atoms with Crippen LogP contribution in [0.2, 0.25) is 0 Å². The summed E-state index contributed by atoms with van der Waals surface area (Å²) in [6.07, 6.45) is 0. The van der Waals surface area contributed by atoms with Gasteiger partial charge in [0.15, 0.2) is 0 Å². The second-order valence-corrected chi connectivity index (χ2v) is 6.36. The molecule has 0 fully saturated rings. The summed E-state index contributed by atoms with van der Waals surface area (Å²) >= 11 is 0. The number of benzene rings is 2. The van der Waals surface area contributed by atoms with E-state index < -0.39 is 0 Å². The molecule has 0 aliphatic heterocycles. The lowest BCUT2D eigenvalue weighted by Gasteiger charge is -2.16. The average molecular weight is 335 g/mol. The number of rotatable bonds is 4. The van der Waals surface area contributed by atoms with Gasteiger partial charge < -0.3 is 9.42 Å². The lowest BCUT2D eigenvalue weighted by molar-refractivity contribution is 0.0769. The van der Waals surface area contributed by atoms with Crippen LogP contribution in [0.1, 0.15) is 32.9 Å². The van der Waals surface area contributed by atoms with Gasteiger partial charge >= 0.3 is 0 Å². The van der Waals surface area contributed by atoms with Gasteiger partial charge in [0, 0.05) is 18.2 Å².